The highest BCUT2D eigenvalue weighted by Gasteiger charge is 2.21. The number of phenols is 1. The van der Waals surface area contributed by atoms with Gasteiger partial charge in [-0.25, -0.2) is 17.9 Å². The van der Waals surface area contributed by atoms with Crippen LogP contribution < -0.4 is 4.72 Å². The molecule has 1 aromatic carbocycles. The van der Waals surface area contributed by atoms with Gasteiger partial charge in [0.15, 0.2) is 0 Å². The Morgan fingerprint density at radius 2 is 2.14 bits per heavy atom. The molecule has 6 nitrogen and oxygen atoms in total. The fourth-order valence-electron chi connectivity index (χ4n) is 1.59. The molecule has 0 atom stereocenters. The maximum absolute atomic E-state index is 12.1. The Morgan fingerprint density at radius 3 is 2.71 bits per heavy atom. The minimum Gasteiger partial charge on any atom is -0.507 e. The zero-order valence-corrected chi connectivity index (χ0v) is 12.9. The van der Waals surface area contributed by atoms with Crippen molar-refractivity contribution in [2.75, 3.05) is 18.1 Å². The van der Waals surface area contributed by atoms with Gasteiger partial charge in [-0.05, 0) is 24.6 Å². The van der Waals surface area contributed by atoms with Crippen LogP contribution in [0.1, 0.15) is 15.9 Å². The largest absolute Gasteiger partial charge is 0.507 e. The molecule has 114 valence electrons. The predicted molar refractivity (Wildman–Crippen MR) is 81.1 cm³/mol. The molecule has 0 bridgehead atoms. The number of thioether (sulfide) groups is 1. The van der Waals surface area contributed by atoms with Crippen molar-refractivity contribution >= 4 is 27.8 Å². The van der Waals surface area contributed by atoms with E-state index in [-0.39, 0.29) is 17.0 Å². The van der Waals surface area contributed by atoms with Crippen molar-refractivity contribution in [3.63, 3.8) is 0 Å². The summed E-state index contributed by atoms with van der Waals surface area (Å²) in [7, 11) is -3.84. The molecule has 3 N–H and O–H groups in total. The minimum absolute atomic E-state index is 0.167. The number of hydrogen-bond acceptors (Lipinski definition) is 5. The maximum Gasteiger partial charge on any atom is 0.339 e. The first-order chi connectivity index (χ1) is 9.79. The fourth-order valence-corrected chi connectivity index (χ4v) is 3.51. The molecule has 0 aliphatic rings. The van der Waals surface area contributed by atoms with Crippen LogP contribution in [-0.2, 0) is 10.0 Å². The molecular weight excluding hydrogens is 314 g/mol. The van der Waals surface area contributed by atoms with Crippen LogP contribution in [0.2, 0.25) is 0 Å². The number of aromatic hydroxyl groups is 1. The average molecular weight is 329 g/mol. The molecule has 0 aliphatic heterocycles. The zero-order chi connectivity index (χ0) is 16.0. The normalized spacial score (nSPS) is 11.0. The van der Waals surface area contributed by atoms with Crippen molar-refractivity contribution < 1.29 is 23.4 Å². The van der Waals surface area contributed by atoms with Crippen LogP contribution in [-0.4, -0.2) is 42.7 Å². The summed E-state index contributed by atoms with van der Waals surface area (Å²) >= 11 is 1.41. The van der Waals surface area contributed by atoms with Gasteiger partial charge in [0, 0.05) is 12.3 Å². The topological polar surface area (TPSA) is 104 Å². The van der Waals surface area contributed by atoms with Crippen LogP contribution in [0, 0.1) is 19.3 Å². The molecule has 0 saturated carbocycles. The highest BCUT2D eigenvalue weighted by atomic mass is 32.2. The predicted octanol–water partition coefficient (Wildman–Crippen LogP) is 1.04. The Bertz CT molecular complexity index is 677. The number of aryl methyl sites for hydroxylation is 1. The third-order valence-corrected chi connectivity index (χ3v) is 5.00. The number of aromatic carboxylic acids is 1. The highest BCUT2D eigenvalue weighted by Crippen LogP contribution is 2.25. The molecule has 0 spiro atoms. The van der Waals surface area contributed by atoms with E-state index in [1.807, 2.05) is 0 Å². The first-order valence-electron chi connectivity index (χ1n) is 5.87. The second kappa shape index (κ2) is 7.36. The number of carboxylic acid groups (broad SMARTS) is 1. The number of sulfonamides is 1. The molecule has 0 aliphatic carbocycles. The summed E-state index contributed by atoms with van der Waals surface area (Å²) in [5.41, 5.74) is -0.191. The second-order valence-electron chi connectivity index (χ2n) is 4.09. The summed E-state index contributed by atoms with van der Waals surface area (Å²) < 4.78 is 26.6. The van der Waals surface area contributed by atoms with Crippen molar-refractivity contribution in [1.82, 2.24) is 4.72 Å². The number of nitrogens with one attached hydrogen (secondary N) is 1. The Labute approximate surface area is 127 Å². The third kappa shape index (κ3) is 4.67. The molecule has 0 heterocycles. The molecule has 0 saturated heterocycles. The van der Waals surface area contributed by atoms with E-state index in [0.717, 1.165) is 12.1 Å². The van der Waals surface area contributed by atoms with Crippen LogP contribution in [0.3, 0.4) is 0 Å². The SMILES string of the molecule is C#CCSCCNS(=O)(=O)c1cc(C(=O)O)c(O)cc1C. The molecule has 0 unspecified atom stereocenters. The first-order valence-corrected chi connectivity index (χ1v) is 8.51. The van der Waals surface area contributed by atoms with Crippen molar-refractivity contribution in [2.45, 2.75) is 11.8 Å². The average Bonchev–Trinajstić information content (AvgIpc) is 2.37. The van der Waals surface area contributed by atoms with E-state index in [4.69, 9.17) is 11.5 Å². The Morgan fingerprint density at radius 1 is 1.48 bits per heavy atom. The smallest absolute Gasteiger partial charge is 0.339 e. The summed E-state index contributed by atoms with van der Waals surface area (Å²) in [5.74, 6) is 1.56. The van der Waals surface area contributed by atoms with E-state index in [1.54, 1.807) is 0 Å². The van der Waals surface area contributed by atoms with Gasteiger partial charge in [-0.3, -0.25) is 0 Å². The lowest BCUT2D eigenvalue weighted by Crippen LogP contribution is -2.27. The van der Waals surface area contributed by atoms with Gasteiger partial charge in [0.25, 0.3) is 0 Å². The summed E-state index contributed by atoms with van der Waals surface area (Å²) in [6.45, 7) is 1.66. The molecule has 8 heteroatoms. The third-order valence-electron chi connectivity index (χ3n) is 2.54. The monoisotopic (exact) mass is 329 g/mol. The van der Waals surface area contributed by atoms with E-state index in [1.165, 1.54) is 18.7 Å². The lowest BCUT2D eigenvalue weighted by atomic mass is 10.1. The van der Waals surface area contributed by atoms with Crippen LogP contribution >= 0.6 is 11.8 Å². The molecule has 0 radical (unpaired) electrons. The Balaban J connectivity index is 2.95. The van der Waals surface area contributed by atoms with Crippen molar-refractivity contribution in [1.29, 1.82) is 0 Å². The quantitative estimate of drug-likeness (QED) is 0.510. The number of carbonyl (C=O) groups is 1. The number of rotatable bonds is 7. The highest BCUT2D eigenvalue weighted by molar-refractivity contribution is 7.99. The van der Waals surface area contributed by atoms with Crippen molar-refractivity contribution in [3.05, 3.63) is 23.3 Å². The molecule has 0 aromatic heterocycles. The zero-order valence-electron chi connectivity index (χ0n) is 11.3. The van der Waals surface area contributed by atoms with E-state index in [9.17, 15) is 18.3 Å². The van der Waals surface area contributed by atoms with Gasteiger partial charge in [0.1, 0.15) is 11.3 Å². The Hall–Kier alpha value is -1.69. The lowest BCUT2D eigenvalue weighted by Gasteiger charge is -2.11. The molecule has 0 fully saturated rings. The van der Waals surface area contributed by atoms with E-state index in [2.05, 4.69) is 10.6 Å². The Kier molecular flexibility index (Phi) is 6.08. The fraction of sp³-hybridized carbons (Fsp3) is 0.308. The summed E-state index contributed by atoms with van der Waals surface area (Å²) in [4.78, 5) is 10.8. The standard InChI is InChI=1S/C13H15NO5S2/c1-3-5-20-6-4-14-21(18,19)12-8-10(13(16)17)11(15)7-9(12)2/h1,7-8,14-15H,4-6H2,2H3,(H,16,17). The molecule has 21 heavy (non-hydrogen) atoms. The van der Waals surface area contributed by atoms with Gasteiger partial charge in [-0.1, -0.05) is 5.92 Å². The van der Waals surface area contributed by atoms with Gasteiger partial charge >= 0.3 is 5.97 Å². The van der Waals surface area contributed by atoms with Crippen molar-refractivity contribution in [2.24, 2.45) is 0 Å². The maximum atomic E-state index is 12.1. The van der Waals surface area contributed by atoms with Crippen molar-refractivity contribution in [3.8, 4) is 18.1 Å². The van der Waals surface area contributed by atoms with Gasteiger partial charge in [-0.2, -0.15) is 0 Å². The molecular formula is C13H15NO5S2. The minimum atomic E-state index is -3.84. The van der Waals surface area contributed by atoms with E-state index >= 15 is 0 Å². The van der Waals surface area contributed by atoms with Gasteiger partial charge in [-0.15, -0.1) is 18.2 Å². The summed E-state index contributed by atoms with van der Waals surface area (Å²) in [6, 6.07) is 2.06. The van der Waals surface area contributed by atoms with Gasteiger partial charge in [0.2, 0.25) is 10.0 Å². The van der Waals surface area contributed by atoms with Crippen LogP contribution in [0.15, 0.2) is 17.0 Å². The van der Waals surface area contributed by atoms with E-state index < -0.39 is 27.3 Å². The van der Waals surface area contributed by atoms with E-state index in [0.29, 0.717) is 11.5 Å². The van der Waals surface area contributed by atoms with Crippen LogP contribution in [0.4, 0.5) is 0 Å². The van der Waals surface area contributed by atoms with Crippen LogP contribution in [0.25, 0.3) is 0 Å². The number of carboxylic acids is 1. The first kappa shape index (κ1) is 17.4. The summed E-state index contributed by atoms with van der Waals surface area (Å²) in [5, 5.41) is 18.4. The molecule has 1 rings (SSSR count). The van der Waals surface area contributed by atoms with Crippen LogP contribution in [0.5, 0.6) is 5.75 Å². The molecule has 0 amide bonds. The molecule has 1 aromatic rings. The summed E-state index contributed by atoms with van der Waals surface area (Å²) in [6.07, 6.45) is 5.08. The number of terminal acetylenes is 1. The number of hydrogen-bond donors (Lipinski definition) is 3. The van der Waals surface area contributed by atoms with Gasteiger partial charge < -0.3 is 10.2 Å². The second-order valence-corrected chi connectivity index (χ2v) is 6.94. The van der Waals surface area contributed by atoms with Gasteiger partial charge in [0.05, 0.1) is 10.6 Å². The number of benzene rings is 1. The lowest BCUT2D eigenvalue weighted by molar-refractivity contribution is 0.0693.